The van der Waals surface area contributed by atoms with Gasteiger partial charge in [-0.15, -0.1) is 0 Å². The van der Waals surface area contributed by atoms with Gasteiger partial charge in [0.1, 0.15) is 12.1 Å². The highest BCUT2D eigenvalue weighted by atomic mass is 32.2. The first-order chi connectivity index (χ1) is 12.4. The maximum atomic E-state index is 13.2. The van der Waals surface area contributed by atoms with Crippen molar-refractivity contribution in [2.45, 2.75) is 23.9 Å². The molecule has 0 aromatic heterocycles. The second-order valence-electron chi connectivity index (χ2n) is 6.62. The monoisotopic (exact) mass is 373 g/mol. The van der Waals surface area contributed by atoms with E-state index in [0.29, 0.717) is 5.39 Å². The number of benzene rings is 2. The number of amides is 2. The number of piperazine rings is 2. The van der Waals surface area contributed by atoms with Gasteiger partial charge in [-0.2, -0.15) is 4.31 Å². The van der Waals surface area contributed by atoms with Crippen molar-refractivity contribution in [1.29, 1.82) is 0 Å². The molecular weight excluding hydrogens is 354 g/mol. The van der Waals surface area contributed by atoms with Crippen molar-refractivity contribution in [2.24, 2.45) is 0 Å². The molecule has 26 heavy (non-hydrogen) atoms. The van der Waals surface area contributed by atoms with Crippen molar-refractivity contribution >= 4 is 32.6 Å². The zero-order valence-electron chi connectivity index (χ0n) is 14.3. The molecule has 2 aromatic rings. The van der Waals surface area contributed by atoms with Gasteiger partial charge in [0.2, 0.25) is 21.8 Å². The molecule has 2 saturated heterocycles. The number of sulfonamides is 1. The van der Waals surface area contributed by atoms with Crippen LogP contribution in [0, 0.1) is 0 Å². The molecule has 0 spiro atoms. The Morgan fingerprint density at radius 2 is 1.77 bits per heavy atom. The number of rotatable bonds is 2. The molecule has 7 nitrogen and oxygen atoms in total. The van der Waals surface area contributed by atoms with E-state index in [-0.39, 0.29) is 36.3 Å². The van der Waals surface area contributed by atoms with E-state index < -0.39 is 22.1 Å². The number of nitrogens with one attached hydrogen (secondary N) is 1. The summed E-state index contributed by atoms with van der Waals surface area (Å²) in [5.41, 5.74) is 0. The third-order valence-corrected chi connectivity index (χ3v) is 6.95. The maximum Gasteiger partial charge on any atom is 0.245 e. The molecule has 4 rings (SSSR count). The largest absolute Gasteiger partial charge is 0.343 e. The van der Waals surface area contributed by atoms with Crippen molar-refractivity contribution < 1.29 is 18.0 Å². The molecule has 0 aliphatic carbocycles. The van der Waals surface area contributed by atoms with E-state index in [1.54, 1.807) is 31.2 Å². The van der Waals surface area contributed by atoms with Crippen molar-refractivity contribution in [3.8, 4) is 0 Å². The highest BCUT2D eigenvalue weighted by molar-refractivity contribution is 7.89. The average Bonchev–Trinajstić information content (AvgIpc) is 2.65. The van der Waals surface area contributed by atoms with Gasteiger partial charge in [0.25, 0.3) is 0 Å². The number of fused-ring (bicyclic) bond motifs is 2. The van der Waals surface area contributed by atoms with E-state index in [1.165, 1.54) is 9.21 Å². The standard InChI is InChI=1S/C18H19N3O4S/c1-12-18(23)21-10-9-20(11-15(21)17(22)19-12)26(24,25)16-8-4-6-13-5-2-3-7-14(13)16/h2-8,12,15H,9-11H2,1H3,(H,19,22)/t12-,15-/m1/s1. The van der Waals surface area contributed by atoms with Crippen molar-refractivity contribution in [1.82, 2.24) is 14.5 Å². The number of hydrogen-bond acceptors (Lipinski definition) is 4. The fourth-order valence-electron chi connectivity index (χ4n) is 3.64. The Morgan fingerprint density at radius 3 is 2.58 bits per heavy atom. The molecule has 0 unspecified atom stereocenters. The van der Waals surface area contributed by atoms with Gasteiger partial charge in [0.15, 0.2) is 0 Å². The topological polar surface area (TPSA) is 86.8 Å². The van der Waals surface area contributed by atoms with Crippen LogP contribution in [0.4, 0.5) is 0 Å². The fraction of sp³-hybridized carbons (Fsp3) is 0.333. The molecule has 2 amide bonds. The van der Waals surface area contributed by atoms with Crippen LogP contribution in [-0.4, -0.2) is 61.2 Å². The lowest BCUT2D eigenvalue weighted by atomic mass is 10.1. The summed E-state index contributed by atoms with van der Waals surface area (Å²) in [6.07, 6.45) is 0. The number of nitrogens with zero attached hydrogens (tertiary/aromatic N) is 2. The van der Waals surface area contributed by atoms with Gasteiger partial charge in [-0.05, 0) is 18.4 Å². The van der Waals surface area contributed by atoms with E-state index in [9.17, 15) is 18.0 Å². The number of carbonyl (C=O) groups is 2. The zero-order valence-corrected chi connectivity index (χ0v) is 15.1. The van der Waals surface area contributed by atoms with Crippen molar-refractivity contribution in [2.75, 3.05) is 19.6 Å². The first kappa shape index (κ1) is 17.0. The molecule has 0 bridgehead atoms. The Bertz CT molecular complexity index is 999. The summed E-state index contributed by atoms with van der Waals surface area (Å²) >= 11 is 0. The van der Waals surface area contributed by atoms with Crippen LogP contribution in [0.15, 0.2) is 47.4 Å². The Kier molecular flexibility index (Phi) is 3.96. The predicted molar refractivity (Wildman–Crippen MR) is 95.8 cm³/mol. The molecule has 2 aliphatic heterocycles. The van der Waals surface area contributed by atoms with Gasteiger partial charge in [0.05, 0.1) is 4.90 Å². The third kappa shape index (κ3) is 2.57. The minimum absolute atomic E-state index is 0.0319. The lowest BCUT2D eigenvalue weighted by molar-refractivity contribution is -0.151. The summed E-state index contributed by atoms with van der Waals surface area (Å²) in [5, 5.41) is 4.11. The van der Waals surface area contributed by atoms with E-state index in [2.05, 4.69) is 5.32 Å². The van der Waals surface area contributed by atoms with Crippen LogP contribution in [0.5, 0.6) is 0 Å². The normalized spacial score (nSPS) is 24.4. The third-order valence-electron chi connectivity index (χ3n) is 5.03. The SMILES string of the molecule is C[C@H]1NC(=O)[C@H]2CN(S(=O)(=O)c3cccc4ccccc34)CCN2C1=O. The van der Waals surface area contributed by atoms with Crippen molar-refractivity contribution in [3.05, 3.63) is 42.5 Å². The highest BCUT2D eigenvalue weighted by Crippen LogP contribution is 2.28. The Morgan fingerprint density at radius 1 is 1.04 bits per heavy atom. The average molecular weight is 373 g/mol. The predicted octanol–water partition coefficient (Wildman–Crippen LogP) is 0.560. The van der Waals surface area contributed by atoms with Crippen LogP contribution in [-0.2, 0) is 19.6 Å². The summed E-state index contributed by atoms with van der Waals surface area (Å²) in [5.74, 6) is -0.480. The highest BCUT2D eigenvalue weighted by Gasteiger charge is 2.44. The maximum absolute atomic E-state index is 13.2. The molecule has 2 fully saturated rings. The smallest absolute Gasteiger partial charge is 0.245 e. The second kappa shape index (κ2) is 6.07. The first-order valence-corrected chi connectivity index (χ1v) is 9.92. The minimum atomic E-state index is -3.78. The van der Waals surface area contributed by atoms with E-state index >= 15 is 0 Å². The molecule has 0 saturated carbocycles. The van der Waals surface area contributed by atoms with Gasteiger partial charge in [-0.1, -0.05) is 36.4 Å². The summed E-state index contributed by atoms with van der Waals surface area (Å²) in [7, 11) is -3.78. The van der Waals surface area contributed by atoms with Gasteiger partial charge in [0, 0.05) is 25.0 Å². The van der Waals surface area contributed by atoms with Crippen LogP contribution in [0.25, 0.3) is 10.8 Å². The molecule has 1 N–H and O–H groups in total. The zero-order chi connectivity index (χ0) is 18.5. The van der Waals surface area contributed by atoms with Gasteiger partial charge in [-0.3, -0.25) is 9.59 Å². The van der Waals surface area contributed by atoms with Gasteiger partial charge < -0.3 is 10.2 Å². The Hall–Kier alpha value is -2.45. The Labute approximate surface area is 151 Å². The first-order valence-electron chi connectivity index (χ1n) is 8.48. The van der Waals surface area contributed by atoms with Gasteiger partial charge in [-0.25, -0.2) is 8.42 Å². The lowest BCUT2D eigenvalue weighted by Gasteiger charge is -2.44. The number of hydrogen-bond donors (Lipinski definition) is 1. The summed E-state index contributed by atoms with van der Waals surface area (Å²) in [6, 6.07) is 11.1. The molecule has 136 valence electrons. The van der Waals surface area contributed by atoms with Crippen LogP contribution in [0.2, 0.25) is 0 Å². The summed E-state index contributed by atoms with van der Waals surface area (Å²) < 4.78 is 27.7. The lowest BCUT2D eigenvalue weighted by Crippen LogP contribution is -2.69. The van der Waals surface area contributed by atoms with Crippen LogP contribution in [0.3, 0.4) is 0 Å². The van der Waals surface area contributed by atoms with Crippen LogP contribution < -0.4 is 5.32 Å². The molecule has 2 heterocycles. The fourth-order valence-corrected chi connectivity index (χ4v) is 5.30. The summed E-state index contributed by atoms with van der Waals surface area (Å²) in [6.45, 7) is 1.99. The molecule has 8 heteroatoms. The van der Waals surface area contributed by atoms with E-state index in [1.807, 2.05) is 18.2 Å². The molecule has 0 radical (unpaired) electrons. The molecule has 2 aromatic carbocycles. The quantitative estimate of drug-likeness (QED) is 0.833. The molecule has 2 atom stereocenters. The van der Waals surface area contributed by atoms with Crippen molar-refractivity contribution in [3.63, 3.8) is 0 Å². The minimum Gasteiger partial charge on any atom is -0.343 e. The van der Waals surface area contributed by atoms with Crippen LogP contribution in [0.1, 0.15) is 6.92 Å². The number of carbonyl (C=O) groups excluding carboxylic acids is 2. The van der Waals surface area contributed by atoms with Crippen LogP contribution >= 0.6 is 0 Å². The molecule has 2 aliphatic rings. The second-order valence-corrected chi connectivity index (χ2v) is 8.52. The summed E-state index contributed by atoms with van der Waals surface area (Å²) in [4.78, 5) is 26.2. The van der Waals surface area contributed by atoms with Gasteiger partial charge >= 0.3 is 0 Å². The van der Waals surface area contributed by atoms with E-state index in [4.69, 9.17) is 0 Å². The Balaban J connectivity index is 1.69. The molecular formula is C18H19N3O4S. The van der Waals surface area contributed by atoms with E-state index in [0.717, 1.165) is 5.39 Å².